The van der Waals surface area contributed by atoms with Crippen molar-refractivity contribution in [2.75, 3.05) is 24.7 Å². The Bertz CT molecular complexity index is 1710. The number of hydrogen-bond donors (Lipinski definition) is 3. The van der Waals surface area contributed by atoms with E-state index in [-0.39, 0.29) is 34.0 Å². The van der Waals surface area contributed by atoms with Crippen LogP contribution in [-0.4, -0.2) is 101 Å². The lowest BCUT2D eigenvalue weighted by Crippen LogP contribution is -2.37. The molecule has 5 N–H and O–H groups in total. The standard InChI is InChI=1S/C20H21BF2N10O8P2S/c21-42(34)36-1-7-14(10(23)20(38-7)33-6-31-12-16(25)27-4-29-18(12)33)41-43(35,44)37-2-8-13(40-42)9(22)19(39-8)32-5-30-11-15(24)26-3-28-17(11)32/h3-10,13-14,19-20H,1-2H2,(H,35,44)(H2,24,26,28)(H2,25,27,29)/q-1/t7-,8?,9-,10-,13-,14-,19-,20-,42?,43?/m1/s1. The van der Waals surface area contributed by atoms with E-state index in [9.17, 15) is 9.46 Å². The van der Waals surface area contributed by atoms with Gasteiger partial charge in [-0.2, -0.15) is 0 Å². The maximum Gasteiger partial charge on any atom is 0.325 e. The number of nitrogens with two attached hydrogens (primary N) is 2. The summed E-state index contributed by atoms with van der Waals surface area (Å²) in [6, 6.07) is 0. The molecule has 3 aliphatic rings. The third kappa shape index (κ3) is 5.18. The third-order valence-electron chi connectivity index (χ3n) is 7.20. The van der Waals surface area contributed by atoms with Gasteiger partial charge in [-0.05, 0) is 11.8 Å². The van der Waals surface area contributed by atoms with E-state index >= 15 is 8.78 Å². The molecule has 0 bridgehead atoms. The van der Waals surface area contributed by atoms with Gasteiger partial charge in [0.2, 0.25) is 0 Å². The lowest BCUT2D eigenvalue weighted by atomic mass is 10.1. The van der Waals surface area contributed by atoms with Crippen molar-refractivity contribution in [2.24, 2.45) is 0 Å². The Kier molecular flexibility index (Phi) is 7.43. The zero-order valence-corrected chi connectivity index (χ0v) is 24.6. The first-order valence-corrected chi connectivity index (χ1v) is 16.9. The van der Waals surface area contributed by atoms with Crippen LogP contribution in [0.5, 0.6) is 0 Å². The fourth-order valence-electron chi connectivity index (χ4n) is 5.20. The molecule has 0 aromatic carbocycles. The van der Waals surface area contributed by atoms with Crippen LogP contribution in [0.4, 0.5) is 20.4 Å². The lowest BCUT2D eigenvalue weighted by molar-refractivity contribution is -0.0566. The Balaban J connectivity index is 1.17. The highest BCUT2D eigenvalue weighted by Crippen LogP contribution is 2.54. The molecule has 7 heterocycles. The molecule has 3 unspecified atom stereocenters. The zero-order valence-electron chi connectivity index (χ0n) is 22.0. The van der Waals surface area contributed by atoms with Gasteiger partial charge in [0, 0.05) is 0 Å². The minimum atomic E-state index is -4.57. The first-order valence-electron chi connectivity index (χ1n) is 12.7. The van der Waals surface area contributed by atoms with Gasteiger partial charge in [0.05, 0.1) is 33.3 Å². The smallest absolute Gasteiger partial charge is 0.325 e. The highest BCUT2D eigenvalue weighted by molar-refractivity contribution is 8.07. The van der Waals surface area contributed by atoms with Gasteiger partial charge in [-0.1, -0.05) is 0 Å². The van der Waals surface area contributed by atoms with Gasteiger partial charge in [-0.25, -0.2) is 38.7 Å². The van der Waals surface area contributed by atoms with Crippen LogP contribution in [0.2, 0.25) is 0 Å². The molecular formula is C20H21BF2N10O8P2S-. The second-order valence-corrected chi connectivity index (χ2v) is 14.3. The molecule has 3 saturated heterocycles. The molecule has 0 amide bonds. The molecule has 4 aromatic heterocycles. The van der Waals surface area contributed by atoms with Crippen LogP contribution in [0.1, 0.15) is 12.5 Å². The summed E-state index contributed by atoms with van der Waals surface area (Å²) in [5.41, 5.74) is 12.3. The topological polar surface area (TPSA) is 232 Å². The number of halogens is 2. The van der Waals surface area contributed by atoms with Gasteiger partial charge < -0.3 is 51.5 Å². The number of anilines is 2. The average Bonchev–Trinajstić information content (AvgIpc) is 3.73. The molecule has 0 aliphatic carbocycles. The Hall–Kier alpha value is -2.78. The molecule has 24 heteroatoms. The van der Waals surface area contributed by atoms with E-state index in [0.29, 0.717) is 0 Å². The van der Waals surface area contributed by atoms with Crippen LogP contribution < -0.4 is 11.5 Å². The summed E-state index contributed by atoms with van der Waals surface area (Å²) in [6.45, 7) is -5.58. The first-order chi connectivity index (χ1) is 20.9. The summed E-state index contributed by atoms with van der Waals surface area (Å²) in [7, 11) is 1.26. The Morgan fingerprint density at radius 3 is 1.84 bits per heavy atom. The summed E-state index contributed by atoms with van der Waals surface area (Å²) >= 11 is 5.14. The van der Waals surface area contributed by atoms with E-state index in [4.69, 9.17) is 58.4 Å². The number of fused-ring (bicyclic) bond motifs is 4. The van der Waals surface area contributed by atoms with E-state index in [0.717, 1.165) is 12.7 Å². The number of hydrogen-bond acceptors (Lipinski definition) is 16. The third-order valence-corrected chi connectivity index (χ3v) is 9.81. The number of rotatable bonds is 2. The molecule has 3 aliphatic heterocycles. The fourth-order valence-corrected chi connectivity index (χ4v) is 7.64. The Morgan fingerprint density at radius 2 is 1.32 bits per heavy atom. The van der Waals surface area contributed by atoms with Crippen molar-refractivity contribution in [3.8, 4) is 0 Å². The lowest BCUT2D eigenvalue weighted by Gasteiger charge is -2.34. The maximum absolute atomic E-state index is 16.0. The van der Waals surface area contributed by atoms with Gasteiger partial charge in [0.25, 0.3) is 0 Å². The molecule has 4 aromatic rings. The van der Waals surface area contributed by atoms with Crippen molar-refractivity contribution in [3.05, 3.63) is 25.3 Å². The molecule has 7 rings (SSSR count). The zero-order chi connectivity index (χ0) is 31.0. The van der Waals surface area contributed by atoms with Gasteiger partial charge in [-0.3, -0.25) is 13.7 Å². The number of imidazole rings is 2. The molecule has 0 saturated carbocycles. The summed E-state index contributed by atoms with van der Waals surface area (Å²) in [5.74, 6) is 0.0968. The Morgan fingerprint density at radius 1 is 0.841 bits per heavy atom. The second-order valence-electron chi connectivity index (χ2n) is 9.92. The molecule has 44 heavy (non-hydrogen) atoms. The maximum atomic E-state index is 16.0. The van der Waals surface area contributed by atoms with Crippen LogP contribution in [0.25, 0.3) is 22.3 Å². The van der Waals surface area contributed by atoms with Crippen LogP contribution in [-0.2, 0) is 43.9 Å². The van der Waals surface area contributed by atoms with E-state index < -0.39 is 76.6 Å². The monoisotopic (exact) mass is 672 g/mol. The fraction of sp³-hybridized carbons (Fsp3) is 0.500. The normalized spacial score (nSPS) is 38.3. The molecule has 18 nitrogen and oxygen atoms in total. The van der Waals surface area contributed by atoms with E-state index in [1.54, 1.807) is 0 Å². The number of ether oxygens (including phenoxy) is 2. The van der Waals surface area contributed by atoms with Crippen LogP contribution in [0.3, 0.4) is 0 Å². The summed E-state index contributed by atoms with van der Waals surface area (Å²) in [5, 5.41) is 0. The van der Waals surface area contributed by atoms with Crippen molar-refractivity contribution in [2.45, 2.75) is 49.2 Å². The van der Waals surface area contributed by atoms with Crippen molar-refractivity contribution in [1.82, 2.24) is 39.0 Å². The van der Waals surface area contributed by atoms with Gasteiger partial charge in [0.1, 0.15) is 48.1 Å². The quantitative estimate of drug-likeness (QED) is 0.196. The molecular weight excluding hydrogens is 651 g/mol. The van der Waals surface area contributed by atoms with Crippen molar-refractivity contribution < 1.29 is 45.8 Å². The molecule has 10 atom stereocenters. The predicted molar refractivity (Wildman–Crippen MR) is 149 cm³/mol. The van der Waals surface area contributed by atoms with Gasteiger partial charge in [0.15, 0.2) is 47.7 Å². The average molecular weight is 672 g/mol. The van der Waals surface area contributed by atoms with E-state index in [2.05, 4.69) is 29.9 Å². The van der Waals surface area contributed by atoms with E-state index in [1.165, 1.54) is 21.8 Å². The molecule has 3 fully saturated rings. The highest BCUT2D eigenvalue weighted by atomic mass is 32.5. The number of alkyl halides is 2. The SMILES string of the molecule is [B-]P1(=O)OC[C@H]2O[C@@H](n3cnc4c(N)ncnc43)[C@H](F)[C@@H]2OP(O)(=S)OCC2O[C@@H](n3cnc4c(N)ncnc43)[C@H](F)[C@@H]2O1. The number of aromatic nitrogens is 8. The second kappa shape index (κ2) is 10.9. The predicted octanol–water partition coefficient (Wildman–Crippen LogP) is 0.612. The largest absolute Gasteiger partial charge is 0.444 e. The summed E-state index contributed by atoms with van der Waals surface area (Å²) in [6.07, 6.45) is -8.19. The summed E-state index contributed by atoms with van der Waals surface area (Å²) in [4.78, 5) is 34.9. The van der Waals surface area contributed by atoms with Crippen molar-refractivity contribution >= 4 is 67.5 Å². The molecule has 0 spiro atoms. The first kappa shape index (κ1) is 29.9. The molecule has 233 valence electrons. The number of nitrogens with zero attached hydrogens (tertiary/aromatic N) is 8. The van der Waals surface area contributed by atoms with Gasteiger partial charge in [-0.15, -0.1) is 0 Å². The molecule has 3 radical (unpaired) electrons. The van der Waals surface area contributed by atoms with Gasteiger partial charge >= 0.3 is 6.72 Å². The van der Waals surface area contributed by atoms with Crippen LogP contribution in [0, 0.1) is 0 Å². The van der Waals surface area contributed by atoms with Crippen molar-refractivity contribution in [3.63, 3.8) is 0 Å². The highest BCUT2D eigenvalue weighted by Gasteiger charge is 2.52. The van der Waals surface area contributed by atoms with Crippen molar-refractivity contribution in [1.29, 1.82) is 0 Å². The van der Waals surface area contributed by atoms with E-state index in [1.807, 2.05) is 0 Å². The van der Waals surface area contributed by atoms with Crippen LogP contribution in [0.15, 0.2) is 25.3 Å². The summed E-state index contributed by atoms with van der Waals surface area (Å²) < 4.78 is 81.0. The van der Waals surface area contributed by atoms with Crippen LogP contribution >= 0.6 is 14.2 Å². The minimum absolute atomic E-state index is 0.0472. The Labute approximate surface area is 251 Å². The number of nitrogen functional groups attached to an aromatic ring is 2. The minimum Gasteiger partial charge on any atom is -0.444 e.